The van der Waals surface area contributed by atoms with Crippen LogP contribution in [-0.2, 0) is 32.7 Å². The predicted octanol–water partition coefficient (Wildman–Crippen LogP) is 24.1. The zero-order valence-corrected chi connectivity index (χ0v) is 58.4. The molecule has 0 radical (unpaired) electrons. The van der Waals surface area contributed by atoms with E-state index in [1.165, 1.54) is 77.0 Å². The molecule has 91 heavy (non-hydrogen) atoms. The maximum absolute atomic E-state index is 12.8. The topological polar surface area (TPSA) is 134 Å². The van der Waals surface area contributed by atoms with Crippen molar-refractivity contribution in [1.29, 1.82) is 0 Å². The van der Waals surface area contributed by atoms with E-state index in [4.69, 9.17) is 24.3 Å². The highest BCUT2D eigenvalue weighted by atomic mass is 31.2. The molecule has 9 nitrogen and oxygen atoms in total. The smallest absolute Gasteiger partial charge is 0.462 e. The first-order valence-electron chi connectivity index (χ1n) is 35.9. The number of unbranched alkanes of at least 4 members (excludes halogenated alkanes) is 20. The molecule has 2 atom stereocenters. The molecular formula is C81H130NO8P. The Morgan fingerprint density at radius 3 is 0.846 bits per heavy atom. The minimum absolute atomic E-state index is 0.0429. The van der Waals surface area contributed by atoms with E-state index in [-0.39, 0.29) is 32.6 Å². The van der Waals surface area contributed by atoms with Crippen LogP contribution in [-0.4, -0.2) is 49.3 Å². The Morgan fingerprint density at radius 2 is 0.571 bits per heavy atom. The second-order valence-corrected chi connectivity index (χ2v) is 24.4. The van der Waals surface area contributed by atoms with Gasteiger partial charge in [0.1, 0.15) is 6.61 Å². The number of hydrogen-bond donors (Lipinski definition) is 2. The van der Waals surface area contributed by atoms with Gasteiger partial charge in [-0.1, -0.05) is 311 Å². The Morgan fingerprint density at radius 1 is 0.330 bits per heavy atom. The van der Waals surface area contributed by atoms with E-state index in [9.17, 15) is 19.0 Å². The fourth-order valence-corrected chi connectivity index (χ4v) is 10.0. The molecule has 10 heteroatoms. The minimum Gasteiger partial charge on any atom is -0.462 e. The predicted molar refractivity (Wildman–Crippen MR) is 394 cm³/mol. The number of hydrogen-bond acceptors (Lipinski definition) is 8. The van der Waals surface area contributed by atoms with Gasteiger partial charge in [-0.2, -0.15) is 0 Å². The highest BCUT2D eigenvalue weighted by Gasteiger charge is 2.26. The zero-order valence-electron chi connectivity index (χ0n) is 57.5. The number of carbonyl (C=O) groups is 2. The highest BCUT2D eigenvalue weighted by molar-refractivity contribution is 7.47. The van der Waals surface area contributed by atoms with E-state index in [1.807, 2.05) is 0 Å². The first kappa shape index (κ1) is 85.8. The molecule has 0 rings (SSSR count). The summed E-state index contributed by atoms with van der Waals surface area (Å²) >= 11 is 0. The number of rotatable bonds is 65. The summed E-state index contributed by atoms with van der Waals surface area (Å²) in [5.74, 6) is -0.847. The van der Waals surface area contributed by atoms with Crippen molar-refractivity contribution in [3.63, 3.8) is 0 Å². The van der Waals surface area contributed by atoms with E-state index < -0.39 is 32.5 Å². The molecule has 0 spiro atoms. The molecule has 0 aromatic heterocycles. The molecule has 2 unspecified atom stereocenters. The summed E-state index contributed by atoms with van der Waals surface area (Å²) in [7, 11) is -4.41. The normalized spacial score (nSPS) is 14.1. The van der Waals surface area contributed by atoms with E-state index in [2.05, 4.69) is 208 Å². The number of carbonyl (C=O) groups excluding carboxylic acids is 2. The molecule has 0 bridgehead atoms. The van der Waals surface area contributed by atoms with Crippen molar-refractivity contribution in [3.05, 3.63) is 194 Å². The number of nitrogens with two attached hydrogens (primary N) is 1. The summed E-state index contributed by atoms with van der Waals surface area (Å²) in [4.78, 5) is 35.4. The number of allylic oxidation sites excluding steroid dienone is 32. The van der Waals surface area contributed by atoms with Crippen molar-refractivity contribution < 1.29 is 37.6 Å². The third-order valence-corrected chi connectivity index (χ3v) is 15.5. The van der Waals surface area contributed by atoms with E-state index in [1.54, 1.807) is 0 Å². The van der Waals surface area contributed by atoms with Crippen LogP contribution in [0.2, 0.25) is 0 Å². The van der Waals surface area contributed by atoms with Crippen LogP contribution >= 0.6 is 7.82 Å². The summed E-state index contributed by atoms with van der Waals surface area (Å²) < 4.78 is 33.2. The second kappa shape index (κ2) is 73.9. The van der Waals surface area contributed by atoms with Gasteiger partial charge in [0.05, 0.1) is 13.2 Å². The average molecular weight is 1280 g/mol. The molecule has 0 aliphatic heterocycles. The standard InChI is InChI=1S/C81H130NO8P/c1-3-5-7-9-11-13-15-17-19-21-23-25-27-29-31-33-34-35-36-37-38-39-40-41-42-43-44-46-48-50-52-54-56-58-60-62-64-66-68-70-72-74-81(84)90-79(78-89-91(85,86)88-76-75-82)77-87-80(83)73-71-69-67-65-63-61-59-57-55-53-51-49-47-45-32-30-28-26-24-22-20-18-16-14-12-10-8-6-4-2/h5-8,11-14,17-20,23-26,29-32,34-35,37-38,40-41,43-44,47-50,79H,3-4,9-10,15-16,21-22,27-28,33,36,39,42,45-46,51-78,82H2,1-2H3,(H,85,86)/b7-5-,8-6-,13-11-,14-12-,19-17-,20-18-,25-23-,26-24-,31-29-,32-30-,35-34-,38-37-,41-40-,44-43-,49-47-,50-48-. The summed E-state index contributed by atoms with van der Waals surface area (Å²) in [6.45, 7) is 3.50. The first-order valence-corrected chi connectivity index (χ1v) is 37.4. The monoisotopic (exact) mass is 1280 g/mol. The molecule has 0 saturated carbocycles. The molecule has 512 valence electrons. The Kier molecular flexibility index (Phi) is 69.7. The largest absolute Gasteiger partial charge is 0.472 e. The molecule has 3 N–H and O–H groups in total. The van der Waals surface area contributed by atoms with Crippen LogP contribution < -0.4 is 5.73 Å². The summed E-state index contributed by atoms with van der Waals surface area (Å²) in [5.41, 5.74) is 5.40. The maximum atomic E-state index is 12.8. The van der Waals surface area contributed by atoms with Gasteiger partial charge in [-0.15, -0.1) is 0 Å². The van der Waals surface area contributed by atoms with Crippen LogP contribution in [0.3, 0.4) is 0 Å². The Bertz CT molecular complexity index is 2200. The number of phosphoric ester groups is 1. The summed E-state index contributed by atoms with van der Waals surface area (Å²) in [5, 5.41) is 0. The maximum Gasteiger partial charge on any atom is 0.472 e. The van der Waals surface area contributed by atoms with Crippen molar-refractivity contribution in [2.24, 2.45) is 5.73 Å². The Labute approximate surface area is 557 Å². The van der Waals surface area contributed by atoms with Gasteiger partial charge < -0.3 is 20.1 Å². The van der Waals surface area contributed by atoms with E-state index in [0.29, 0.717) is 6.42 Å². The minimum atomic E-state index is -4.41. The van der Waals surface area contributed by atoms with Gasteiger partial charge in [-0.3, -0.25) is 18.6 Å². The molecule has 0 heterocycles. The Balaban J connectivity index is 3.97. The molecule has 0 aliphatic carbocycles. The van der Waals surface area contributed by atoms with Crippen LogP contribution in [0.1, 0.15) is 271 Å². The van der Waals surface area contributed by atoms with Crippen molar-refractivity contribution in [2.75, 3.05) is 26.4 Å². The van der Waals surface area contributed by atoms with Crippen molar-refractivity contribution in [3.8, 4) is 0 Å². The van der Waals surface area contributed by atoms with Gasteiger partial charge in [0.25, 0.3) is 0 Å². The van der Waals surface area contributed by atoms with Gasteiger partial charge >= 0.3 is 19.8 Å². The fraction of sp³-hybridized carbons (Fsp3) is 0.580. The third-order valence-electron chi connectivity index (χ3n) is 14.5. The summed E-state index contributed by atoms with van der Waals surface area (Å²) in [6, 6.07) is 0. The molecule has 0 aromatic rings. The second-order valence-electron chi connectivity index (χ2n) is 23.0. The van der Waals surface area contributed by atoms with Gasteiger partial charge in [0.15, 0.2) is 6.10 Å². The molecule has 0 aromatic carbocycles. The van der Waals surface area contributed by atoms with E-state index >= 15 is 0 Å². The lowest BCUT2D eigenvalue weighted by molar-refractivity contribution is -0.161. The zero-order chi connectivity index (χ0) is 65.8. The lowest BCUT2D eigenvalue weighted by Crippen LogP contribution is -2.29. The van der Waals surface area contributed by atoms with Crippen LogP contribution in [0.4, 0.5) is 0 Å². The average Bonchev–Trinajstić information content (AvgIpc) is 3.74. The Hall–Kier alpha value is -5.15. The first-order chi connectivity index (χ1) is 44.8. The van der Waals surface area contributed by atoms with Crippen molar-refractivity contribution in [2.45, 2.75) is 277 Å². The molecule has 0 saturated heterocycles. The number of ether oxygens (including phenoxy) is 2. The van der Waals surface area contributed by atoms with Gasteiger partial charge in [0, 0.05) is 19.4 Å². The molecule has 0 aliphatic rings. The van der Waals surface area contributed by atoms with Gasteiger partial charge in [-0.25, -0.2) is 4.57 Å². The molecule has 0 fully saturated rings. The quantitative estimate of drug-likeness (QED) is 0.0264. The highest BCUT2D eigenvalue weighted by Crippen LogP contribution is 2.43. The molecule has 0 amide bonds. The van der Waals surface area contributed by atoms with Crippen LogP contribution in [0.5, 0.6) is 0 Å². The summed E-state index contributed by atoms with van der Waals surface area (Å²) in [6.07, 6.45) is 112. The SMILES string of the molecule is CC/C=C\C/C=C\C/C=C\C/C=C\C/C=C\C/C=C\C/C=C\C/C=C\C/C=C\C/C=C\CCCCCCCCCCCCC(=O)OC(COC(=O)CCCCCCCCCCCC/C=C\C/C=C\C/C=C\C/C=C\C/C=C\C/C=C\CC)COP(=O)(O)OCCN. The molecular weight excluding hydrogens is 1150 g/mol. The number of esters is 2. The van der Waals surface area contributed by atoms with Crippen LogP contribution in [0.25, 0.3) is 0 Å². The van der Waals surface area contributed by atoms with Gasteiger partial charge in [0.2, 0.25) is 0 Å². The number of phosphoric acid groups is 1. The fourth-order valence-electron chi connectivity index (χ4n) is 9.26. The third kappa shape index (κ3) is 73.8. The van der Waals surface area contributed by atoms with Crippen molar-refractivity contribution >= 4 is 19.8 Å². The lowest BCUT2D eigenvalue weighted by Gasteiger charge is -2.19. The van der Waals surface area contributed by atoms with Gasteiger partial charge in [-0.05, 0) is 141 Å². The lowest BCUT2D eigenvalue weighted by atomic mass is 10.0. The van der Waals surface area contributed by atoms with Crippen molar-refractivity contribution in [1.82, 2.24) is 0 Å². The van der Waals surface area contributed by atoms with Crippen LogP contribution in [0, 0.1) is 0 Å². The van der Waals surface area contributed by atoms with Crippen LogP contribution in [0.15, 0.2) is 194 Å². The van der Waals surface area contributed by atoms with E-state index in [0.717, 1.165) is 161 Å².